The Balaban J connectivity index is 1.79. The summed E-state index contributed by atoms with van der Waals surface area (Å²) in [6, 6.07) is 10.4. The molecule has 1 aliphatic rings. The van der Waals surface area contributed by atoms with Crippen LogP contribution in [0.15, 0.2) is 41.3 Å². The van der Waals surface area contributed by atoms with E-state index in [9.17, 15) is 8.42 Å². The Bertz CT molecular complexity index is 848. The molecule has 0 saturated carbocycles. The number of sulfonamides is 1. The highest BCUT2D eigenvalue weighted by Crippen LogP contribution is 2.32. The molecule has 0 spiro atoms. The molecule has 2 aromatic carbocycles. The molecule has 3 rings (SSSR count). The highest BCUT2D eigenvalue weighted by Gasteiger charge is 2.20. The highest BCUT2D eigenvalue weighted by molar-refractivity contribution is 7.89. The van der Waals surface area contributed by atoms with Gasteiger partial charge in [0, 0.05) is 6.54 Å². The molecule has 1 aliphatic heterocycles. The third-order valence-corrected chi connectivity index (χ3v) is 5.03. The number of rotatable bonds is 6. The van der Waals surface area contributed by atoms with Gasteiger partial charge >= 0.3 is 0 Å². The van der Waals surface area contributed by atoms with Gasteiger partial charge in [0.2, 0.25) is 16.8 Å². The van der Waals surface area contributed by atoms with Crippen molar-refractivity contribution >= 4 is 10.0 Å². The van der Waals surface area contributed by atoms with Crippen molar-refractivity contribution in [3.05, 3.63) is 47.5 Å². The molecule has 0 saturated heterocycles. The van der Waals surface area contributed by atoms with Crippen molar-refractivity contribution in [1.29, 1.82) is 0 Å². The van der Waals surface area contributed by atoms with E-state index < -0.39 is 10.0 Å². The fraction of sp³-hybridized carbons (Fsp3) is 0.294. The average molecular weight is 349 g/mol. The van der Waals surface area contributed by atoms with E-state index in [0.29, 0.717) is 23.9 Å². The first-order chi connectivity index (χ1) is 11.5. The van der Waals surface area contributed by atoms with E-state index in [2.05, 4.69) is 4.72 Å². The quantitative estimate of drug-likeness (QED) is 0.868. The standard InChI is InChI=1S/C17H19NO5S/c1-3-21-16-8-12(2)4-7-17(16)24(19,20)18-10-13-5-6-14-15(9-13)23-11-22-14/h4-9,18H,3,10-11H2,1-2H3. The molecule has 24 heavy (non-hydrogen) atoms. The van der Waals surface area contributed by atoms with Crippen LogP contribution in [-0.2, 0) is 16.6 Å². The summed E-state index contributed by atoms with van der Waals surface area (Å²) >= 11 is 0. The van der Waals surface area contributed by atoms with Crippen LogP contribution in [0, 0.1) is 6.92 Å². The molecule has 0 aliphatic carbocycles. The van der Waals surface area contributed by atoms with Crippen molar-refractivity contribution < 1.29 is 22.6 Å². The van der Waals surface area contributed by atoms with Gasteiger partial charge in [-0.25, -0.2) is 13.1 Å². The normalized spacial score (nSPS) is 13.1. The van der Waals surface area contributed by atoms with E-state index in [1.54, 1.807) is 36.4 Å². The SMILES string of the molecule is CCOc1cc(C)ccc1S(=O)(=O)NCc1ccc2c(c1)OCO2. The van der Waals surface area contributed by atoms with Gasteiger partial charge in [0.25, 0.3) is 0 Å². The molecule has 1 heterocycles. The Morgan fingerprint density at radius 2 is 1.92 bits per heavy atom. The van der Waals surface area contributed by atoms with Gasteiger partial charge in [-0.3, -0.25) is 0 Å². The number of fused-ring (bicyclic) bond motifs is 1. The third kappa shape index (κ3) is 3.47. The summed E-state index contributed by atoms with van der Waals surface area (Å²) in [5.74, 6) is 1.64. The lowest BCUT2D eigenvalue weighted by molar-refractivity contribution is 0.174. The molecule has 2 aromatic rings. The molecule has 7 heteroatoms. The van der Waals surface area contributed by atoms with Crippen molar-refractivity contribution in [1.82, 2.24) is 4.72 Å². The average Bonchev–Trinajstić information content (AvgIpc) is 3.01. The first-order valence-corrected chi connectivity index (χ1v) is 9.09. The maximum atomic E-state index is 12.6. The number of hydrogen-bond acceptors (Lipinski definition) is 5. The Morgan fingerprint density at radius 1 is 1.12 bits per heavy atom. The van der Waals surface area contributed by atoms with E-state index in [1.807, 2.05) is 13.8 Å². The van der Waals surface area contributed by atoms with Crippen molar-refractivity contribution in [2.45, 2.75) is 25.3 Å². The molecular weight excluding hydrogens is 330 g/mol. The smallest absolute Gasteiger partial charge is 0.244 e. The largest absolute Gasteiger partial charge is 0.492 e. The number of benzene rings is 2. The Kier molecular flexibility index (Phi) is 4.64. The molecule has 0 bridgehead atoms. The summed E-state index contributed by atoms with van der Waals surface area (Å²) in [6.07, 6.45) is 0. The summed E-state index contributed by atoms with van der Waals surface area (Å²) in [5.41, 5.74) is 1.72. The first kappa shape index (κ1) is 16.6. The number of hydrogen-bond donors (Lipinski definition) is 1. The van der Waals surface area contributed by atoms with Gasteiger partial charge in [-0.2, -0.15) is 0 Å². The van der Waals surface area contributed by atoms with Gasteiger partial charge in [-0.1, -0.05) is 12.1 Å². The molecule has 1 N–H and O–H groups in total. The fourth-order valence-electron chi connectivity index (χ4n) is 2.41. The highest BCUT2D eigenvalue weighted by atomic mass is 32.2. The Labute approximate surface area is 141 Å². The summed E-state index contributed by atoms with van der Waals surface area (Å²) in [6.45, 7) is 4.44. The zero-order chi connectivity index (χ0) is 17.2. The Morgan fingerprint density at radius 3 is 2.71 bits per heavy atom. The van der Waals surface area contributed by atoms with Crippen LogP contribution in [0.3, 0.4) is 0 Å². The second kappa shape index (κ2) is 6.70. The molecule has 0 radical (unpaired) electrons. The number of ether oxygens (including phenoxy) is 3. The van der Waals surface area contributed by atoms with Gasteiger partial charge in [0.05, 0.1) is 6.61 Å². The third-order valence-electron chi connectivity index (χ3n) is 3.59. The van der Waals surface area contributed by atoms with E-state index >= 15 is 0 Å². The van der Waals surface area contributed by atoms with Crippen LogP contribution in [0.5, 0.6) is 17.2 Å². The zero-order valence-corrected chi connectivity index (χ0v) is 14.4. The molecule has 0 fully saturated rings. The summed E-state index contributed by atoms with van der Waals surface area (Å²) in [4.78, 5) is 0.135. The van der Waals surface area contributed by atoms with E-state index in [0.717, 1.165) is 11.1 Å². The number of nitrogens with one attached hydrogen (secondary N) is 1. The van der Waals surface area contributed by atoms with Crippen LogP contribution in [0.2, 0.25) is 0 Å². The second-order valence-corrected chi connectivity index (χ2v) is 7.13. The lowest BCUT2D eigenvalue weighted by Gasteiger charge is -2.13. The minimum atomic E-state index is -3.69. The van der Waals surface area contributed by atoms with E-state index in [4.69, 9.17) is 14.2 Å². The minimum Gasteiger partial charge on any atom is -0.492 e. The molecule has 128 valence electrons. The second-order valence-electron chi connectivity index (χ2n) is 5.40. The molecule has 0 amide bonds. The lowest BCUT2D eigenvalue weighted by atomic mass is 10.2. The molecular formula is C17H19NO5S. The molecule has 6 nitrogen and oxygen atoms in total. The predicted molar refractivity (Wildman–Crippen MR) is 88.9 cm³/mol. The summed E-state index contributed by atoms with van der Waals surface area (Å²) < 4.78 is 43.8. The molecule has 0 unspecified atom stereocenters. The van der Waals surface area contributed by atoms with Crippen LogP contribution >= 0.6 is 0 Å². The van der Waals surface area contributed by atoms with Crippen LogP contribution < -0.4 is 18.9 Å². The lowest BCUT2D eigenvalue weighted by Crippen LogP contribution is -2.24. The van der Waals surface area contributed by atoms with Crippen molar-refractivity contribution in [3.63, 3.8) is 0 Å². The van der Waals surface area contributed by atoms with Crippen LogP contribution in [0.1, 0.15) is 18.1 Å². The Hall–Kier alpha value is -2.25. The van der Waals surface area contributed by atoms with Gasteiger partial charge < -0.3 is 14.2 Å². The maximum absolute atomic E-state index is 12.6. The fourth-order valence-corrected chi connectivity index (χ4v) is 3.55. The van der Waals surface area contributed by atoms with Crippen molar-refractivity contribution in [2.24, 2.45) is 0 Å². The van der Waals surface area contributed by atoms with E-state index in [1.165, 1.54) is 0 Å². The zero-order valence-electron chi connectivity index (χ0n) is 13.5. The van der Waals surface area contributed by atoms with Gasteiger partial charge in [0.15, 0.2) is 11.5 Å². The maximum Gasteiger partial charge on any atom is 0.244 e. The summed E-state index contributed by atoms with van der Waals surface area (Å²) in [5, 5.41) is 0. The van der Waals surface area contributed by atoms with Crippen LogP contribution in [0.25, 0.3) is 0 Å². The van der Waals surface area contributed by atoms with Gasteiger partial charge in [-0.05, 0) is 49.2 Å². The molecule has 0 atom stereocenters. The van der Waals surface area contributed by atoms with Crippen LogP contribution in [0.4, 0.5) is 0 Å². The summed E-state index contributed by atoms with van der Waals surface area (Å²) in [7, 11) is -3.69. The first-order valence-electron chi connectivity index (χ1n) is 7.61. The number of aryl methyl sites for hydroxylation is 1. The monoisotopic (exact) mass is 349 g/mol. The van der Waals surface area contributed by atoms with E-state index in [-0.39, 0.29) is 18.2 Å². The van der Waals surface area contributed by atoms with Gasteiger partial charge in [0.1, 0.15) is 10.6 Å². The molecule has 0 aromatic heterocycles. The van der Waals surface area contributed by atoms with Crippen molar-refractivity contribution in [2.75, 3.05) is 13.4 Å². The topological polar surface area (TPSA) is 73.9 Å². The minimum absolute atomic E-state index is 0.135. The predicted octanol–water partition coefficient (Wildman–Crippen LogP) is 2.60. The van der Waals surface area contributed by atoms with Crippen molar-refractivity contribution in [3.8, 4) is 17.2 Å². The van der Waals surface area contributed by atoms with Crippen LogP contribution in [-0.4, -0.2) is 21.8 Å². The van der Waals surface area contributed by atoms with Gasteiger partial charge in [-0.15, -0.1) is 0 Å².